The van der Waals surface area contributed by atoms with Gasteiger partial charge in [-0.15, -0.1) is 0 Å². The zero-order valence-corrected chi connectivity index (χ0v) is 12.2. The van der Waals surface area contributed by atoms with Crippen molar-refractivity contribution >= 4 is 5.91 Å². The van der Waals surface area contributed by atoms with Gasteiger partial charge in [-0.25, -0.2) is 0 Å². The molecule has 0 aliphatic carbocycles. The fourth-order valence-electron chi connectivity index (χ4n) is 3.28. The highest BCUT2D eigenvalue weighted by molar-refractivity contribution is 5.77. The third-order valence-corrected chi connectivity index (χ3v) is 4.31. The Hall–Kier alpha value is -0.570. The van der Waals surface area contributed by atoms with E-state index in [9.17, 15) is 4.79 Å². The van der Waals surface area contributed by atoms with E-state index in [1.807, 2.05) is 0 Å². The average Bonchev–Trinajstić information content (AvgIpc) is 2.77. The Morgan fingerprint density at radius 3 is 2.44 bits per heavy atom. The number of nitrogens with zero attached hydrogens (tertiary/aromatic N) is 1. The summed E-state index contributed by atoms with van der Waals surface area (Å²) in [6.45, 7) is 10.8. The van der Waals surface area contributed by atoms with E-state index in [4.69, 9.17) is 0 Å². The first-order chi connectivity index (χ1) is 8.46. The van der Waals surface area contributed by atoms with Gasteiger partial charge in [-0.2, -0.15) is 0 Å². The van der Waals surface area contributed by atoms with Crippen LogP contribution in [0.5, 0.6) is 0 Å². The fraction of sp³-hybridized carbons (Fsp3) is 0.933. The quantitative estimate of drug-likeness (QED) is 0.817. The summed E-state index contributed by atoms with van der Waals surface area (Å²) < 4.78 is 0. The maximum Gasteiger partial charge on any atom is 0.223 e. The smallest absolute Gasteiger partial charge is 0.223 e. The van der Waals surface area contributed by atoms with Crippen LogP contribution >= 0.6 is 0 Å². The summed E-state index contributed by atoms with van der Waals surface area (Å²) in [5.41, 5.74) is 0.115. The molecule has 104 valence electrons. The molecule has 2 aliphatic rings. The highest BCUT2D eigenvalue weighted by Crippen LogP contribution is 2.31. The Labute approximate surface area is 111 Å². The van der Waals surface area contributed by atoms with Gasteiger partial charge < -0.3 is 10.2 Å². The van der Waals surface area contributed by atoms with Gasteiger partial charge in [-0.05, 0) is 49.6 Å². The Morgan fingerprint density at radius 1 is 1.17 bits per heavy atom. The van der Waals surface area contributed by atoms with Crippen LogP contribution in [-0.2, 0) is 4.79 Å². The molecule has 2 fully saturated rings. The molecule has 3 nitrogen and oxygen atoms in total. The third-order valence-electron chi connectivity index (χ3n) is 4.31. The molecule has 0 bridgehead atoms. The zero-order chi connectivity index (χ0) is 13.2. The van der Waals surface area contributed by atoms with E-state index < -0.39 is 0 Å². The van der Waals surface area contributed by atoms with Crippen LogP contribution < -0.4 is 5.32 Å². The molecule has 3 heteroatoms. The van der Waals surface area contributed by atoms with E-state index in [0.29, 0.717) is 12.3 Å². The number of piperidine rings is 1. The summed E-state index contributed by atoms with van der Waals surface area (Å²) >= 11 is 0. The van der Waals surface area contributed by atoms with Crippen LogP contribution in [0.15, 0.2) is 0 Å². The Morgan fingerprint density at radius 2 is 1.83 bits per heavy atom. The predicted octanol–water partition coefficient (Wildman–Crippen LogP) is 2.27. The average molecular weight is 252 g/mol. The normalized spacial score (nSPS) is 26.6. The second-order valence-electron chi connectivity index (χ2n) is 7.21. The topological polar surface area (TPSA) is 32.3 Å². The number of nitrogens with one attached hydrogen (secondary N) is 1. The summed E-state index contributed by atoms with van der Waals surface area (Å²) in [4.78, 5) is 14.3. The van der Waals surface area contributed by atoms with E-state index >= 15 is 0 Å². The van der Waals surface area contributed by atoms with Crippen LogP contribution in [0.3, 0.4) is 0 Å². The van der Waals surface area contributed by atoms with Crippen molar-refractivity contribution in [3.8, 4) is 0 Å². The standard InChI is InChI=1S/C15H28N2O/c1-15(2,3)10-14(18)17-9-6-13(11-17)12-4-7-16-8-5-12/h12-13,16H,4-11H2,1-3H3. The number of hydrogen-bond donors (Lipinski definition) is 1. The molecule has 0 aromatic carbocycles. The zero-order valence-electron chi connectivity index (χ0n) is 12.2. The van der Waals surface area contributed by atoms with Gasteiger partial charge in [0.05, 0.1) is 0 Å². The van der Waals surface area contributed by atoms with Crippen molar-refractivity contribution in [2.45, 2.75) is 46.5 Å². The molecule has 18 heavy (non-hydrogen) atoms. The first-order valence-electron chi connectivity index (χ1n) is 7.44. The van der Waals surface area contributed by atoms with Crippen molar-refractivity contribution in [1.82, 2.24) is 10.2 Å². The summed E-state index contributed by atoms with van der Waals surface area (Å²) in [6, 6.07) is 0. The number of carbonyl (C=O) groups is 1. The van der Waals surface area contributed by atoms with Crippen molar-refractivity contribution in [1.29, 1.82) is 0 Å². The molecule has 0 spiro atoms. The molecule has 0 aromatic heterocycles. The minimum atomic E-state index is 0.115. The molecule has 1 unspecified atom stereocenters. The number of likely N-dealkylation sites (tertiary alicyclic amines) is 1. The lowest BCUT2D eigenvalue weighted by Crippen LogP contribution is -2.35. The molecule has 2 aliphatic heterocycles. The minimum Gasteiger partial charge on any atom is -0.342 e. The van der Waals surface area contributed by atoms with Crippen LogP contribution in [0.25, 0.3) is 0 Å². The molecular formula is C15H28N2O. The van der Waals surface area contributed by atoms with Crippen molar-refractivity contribution < 1.29 is 4.79 Å². The van der Waals surface area contributed by atoms with Crippen molar-refractivity contribution in [3.63, 3.8) is 0 Å². The van der Waals surface area contributed by atoms with Gasteiger partial charge >= 0.3 is 0 Å². The summed E-state index contributed by atoms with van der Waals surface area (Å²) in [5.74, 6) is 1.97. The van der Waals surface area contributed by atoms with Crippen molar-refractivity contribution in [2.75, 3.05) is 26.2 Å². The van der Waals surface area contributed by atoms with Crippen LogP contribution in [0.1, 0.15) is 46.5 Å². The van der Waals surface area contributed by atoms with Crippen molar-refractivity contribution in [2.24, 2.45) is 17.3 Å². The minimum absolute atomic E-state index is 0.115. The molecule has 1 amide bonds. The lowest BCUT2D eigenvalue weighted by Gasteiger charge is -2.28. The molecular weight excluding hydrogens is 224 g/mol. The number of hydrogen-bond acceptors (Lipinski definition) is 2. The Kier molecular flexibility index (Phi) is 4.31. The third kappa shape index (κ3) is 3.71. The lowest BCUT2D eigenvalue weighted by molar-refractivity contribution is -0.132. The molecule has 0 radical (unpaired) electrons. The van der Waals surface area contributed by atoms with Crippen LogP contribution in [-0.4, -0.2) is 37.0 Å². The summed E-state index contributed by atoms with van der Waals surface area (Å²) in [6.07, 6.45) is 4.50. The monoisotopic (exact) mass is 252 g/mol. The second kappa shape index (κ2) is 5.60. The number of rotatable bonds is 2. The van der Waals surface area contributed by atoms with Gasteiger partial charge in [0, 0.05) is 19.5 Å². The Balaban J connectivity index is 1.82. The first-order valence-corrected chi connectivity index (χ1v) is 7.44. The maximum absolute atomic E-state index is 12.2. The molecule has 1 atom stereocenters. The highest BCUT2D eigenvalue weighted by atomic mass is 16.2. The molecule has 0 aromatic rings. The SMILES string of the molecule is CC(C)(C)CC(=O)N1CCC(C2CCNCC2)C1. The molecule has 0 saturated carbocycles. The summed E-state index contributed by atoms with van der Waals surface area (Å²) in [5, 5.41) is 3.42. The molecule has 2 heterocycles. The number of carbonyl (C=O) groups excluding carboxylic acids is 1. The first kappa shape index (κ1) is 13.9. The fourth-order valence-corrected chi connectivity index (χ4v) is 3.28. The van der Waals surface area contributed by atoms with Crippen molar-refractivity contribution in [3.05, 3.63) is 0 Å². The predicted molar refractivity (Wildman–Crippen MR) is 74.4 cm³/mol. The number of amides is 1. The Bertz CT molecular complexity index is 289. The lowest BCUT2D eigenvalue weighted by atomic mass is 9.84. The van der Waals surface area contributed by atoms with Crippen LogP contribution in [0.2, 0.25) is 0 Å². The van der Waals surface area contributed by atoms with Gasteiger partial charge in [0.1, 0.15) is 0 Å². The van der Waals surface area contributed by atoms with Gasteiger partial charge in [-0.1, -0.05) is 20.8 Å². The van der Waals surface area contributed by atoms with E-state index in [0.717, 1.165) is 38.0 Å². The molecule has 2 rings (SSSR count). The molecule has 1 N–H and O–H groups in total. The molecule has 2 saturated heterocycles. The van der Waals surface area contributed by atoms with E-state index in [1.54, 1.807) is 0 Å². The van der Waals surface area contributed by atoms with Crippen LogP contribution in [0, 0.1) is 17.3 Å². The maximum atomic E-state index is 12.2. The largest absolute Gasteiger partial charge is 0.342 e. The van der Waals surface area contributed by atoms with Gasteiger partial charge in [0.15, 0.2) is 0 Å². The van der Waals surface area contributed by atoms with Gasteiger partial charge in [0.2, 0.25) is 5.91 Å². The van der Waals surface area contributed by atoms with E-state index in [1.165, 1.54) is 19.3 Å². The highest BCUT2D eigenvalue weighted by Gasteiger charge is 2.33. The summed E-state index contributed by atoms with van der Waals surface area (Å²) in [7, 11) is 0. The second-order valence-corrected chi connectivity index (χ2v) is 7.21. The van der Waals surface area contributed by atoms with Gasteiger partial charge in [-0.3, -0.25) is 4.79 Å². The van der Waals surface area contributed by atoms with E-state index in [-0.39, 0.29) is 5.41 Å². The van der Waals surface area contributed by atoms with E-state index in [2.05, 4.69) is 31.0 Å². The van der Waals surface area contributed by atoms with Gasteiger partial charge in [0.25, 0.3) is 0 Å². The van der Waals surface area contributed by atoms with Crippen LogP contribution in [0.4, 0.5) is 0 Å².